The van der Waals surface area contributed by atoms with E-state index in [1.807, 2.05) is 6.07 Å². The minimum Gasteiger partial charge on any atom is -0.532 e. The van der Waals surface area contributed by atoms with E-state index in [1.54, 1.807) is 29.1 Å². The molecule has 2 aromatic rings. The number of nitrogens with zero attached hydrogens (tertiary/aromatic N) is 3. The minimum atomic E-state index is -0.962. The van der Waals surface area contributed by atoms with E-state index >= 15 is 0 Å². The molecule has 0 aliphatic carbocycles. The second-order valence-electron chi connectivity index (χ2n) is 6.61. The van der Waals surface area contributed by atoms with Gasteiger partial charge in [0, 0.05) is 23.9 Å². The van der Waals surface area contributed by atoms with Crippen molar-refractivity contribution in [2.75, 3.05) is 18.5 Å². The summed E-state index contributed by atoms with van der Waals surface area (Å²) < 4.78 is 12.4. The second kappa shape index (κ2) is 7.38. The van der Waals surface area contributed by atoms with Crippen LogP contribution in [0.3, 0.4) is 0 Å². The largest absolute Gasteiger partial charge is 0.552 e. The number of ether oxygens (including phenoxy) is 1. The molecular formula is C18H18BN5O4. The van der Waals surface area contributed by atoms with Crippen molar-refractivity contribution in [2.45, 2.75) is 18.5 Å². The van der Waals surface area contributed by atoms with Gasteiger partial charge in [0.25, 0.3) is 5.91 Å². The Labute approximate surface area is 161 Å². The maximum absolute atomic E-state index is 11.9. The van der Waals surface area contributed by atoms with E-state index in [9.17, 15) is 9.82 Å². The number of fused-ring (bicyclic) bond motifs is 1. The van der Waals surface area contributed by atoms with Crippen molar-refractivity contribution >= 4 is 30.6 Å². The highest BCUT2D eigenvalue weighted by molar-refractivity contribution is 6.51. The van der Waals surface area contributed by atoms with Crippen molar-refractivity contribution < 1.29 is 19.2 Å². The molecule has 2 aliphatic heterocycles. The molecule has 28 heavy (non-hydrogen) atoms. The number of hydrogen-bond acceptors (Lipinski definition) is 6. The summed E-state index contributed by atoms with van der Waals surface area (Å²) in [5, 5.41) is 17.1. The van der Waals surface area contributed by atoms with Crippen LogP contribution in [0, 0.1) is 6.57 Å². The fraction of sp³-hybridized carbons (Fsp3) is 0.278. The molecule has 0 bridgehead atoms. The molecule has 0 radical (unpaired) electrons. The summed E-state index contributed by atoms with van der Waals surface area (Å²) in [4.78, 5) is 15.6. The van der Waals surface area contributed by atoms with E-state index in [1.165, 1.54) is 5.98 Å². The topological polar surface area (TPSA) is 116 Å². The molecule has 4 N–H and O–H groups in total. The first-order valence-electron chi connectivity index (χ1n) is 8.82. The maximum Gasteiger partial charge on any atom is 0.552 e. The van der Waals surface area contributed by atoms with Gasteiger partial charge in [0.1, 0.15) is 17.4 Å². The van der Waals surface area contributed by atoms with E-state index in [2.05, 4.69) is 15.3 Å². The molecule has 0 spiro atoms. The SMILES string of the molecule is [C-]#[N+]C1CCOCC1n1cc(C(N)=O)c(Nc2ccc3c(c2)C=CB(O)O3)n1. The number of nitrogens with two attached hydrogens (primary N) is 1. The number of anilines is 2. The van der Waals surface area contributed by atoms with Crippen LogP contribution in [0.15, 0.2) is 30.4 Å². The van der Waals surface area contributed by atoms with E-state index in [0.29, 0.717) is 36.9 Å². The zero-order chi connectivity index (χ0) is 19.7. The smallest absolute Gasteiger partial charge is 0.532 e. The standard InChI is InChI=1S/C18H18BN5O4/c1-21-14-5-7-27-10-15(14)24-9-13(17(20)25)18(23-24)22-12-2-3-16-11(8-12)4-6-19(26)28-16/h2-4,6,8-9,14-15,26H,5,7,10H2,(H2,20,25)(H,22,23). The first-order valence-corrected chi connectivity index (χ1v) is 8.82. The number of carbonyl (C=O) groups is 1. The molecule has 1 aromatic carbocycles. The van der Waals surface area contributed by atoms with Gasteiger partial charge in [-0.05, 0) is 24.2 Å². The lowest BCUT2D eigenvalue weighted by molar-refractivity contribution is 0.0506. The number of carbonyl (C=O) groups excluding carboxylic acids is 1. The van der Waals surface area contributed by atoms with Crippen LogP contribution in [0.25, 0.3) is 10.9 Å². The number of hydrogen-bond donors (Lipinski definition) is 3. The van der Waals surface area contributed by atoms with Gasteiger partial charge in [-0.1, -0.05) is 6.08 Å². The van der Waals surface area contributed by atoms with Gasteiger partial charge in [-0.25, -0.2) is 6.57 Å². The molecule has 4 rings (SSSR count). The third-order valence-corrected chi connectivity index (χ3v) is 4.75. The third kappa shape index (κ3) is 3.45. The van der Waals surface area contributed by atoms with Crippen LogP contribution in [0.4, 0.5) is 11.5 Å². The van der Waals surface area contributed by atoms with E-state index in [-0.39, 0.29) is 17.6 Å². The highest BCUT2D eigenvalue weighted by atomic mass is 16.5. The Balaban J connectivity index is 1.63. The summed E-state index contributed by atoms with van der Waals surface area (Å²) in [5.74, 6) is 1.78. The Morgan fingerprint density at radius 3 is 3.14 bits per heavy atom. The first-order chi connectivity index (χ1) is 13.5. The highest BCUT2D eigenvalue weighted by Gasteiger charge is 2.33. The minimum absolute atomic E-state index is 0.231. The first kappa shape index (κ1) is 18.1. The monoisotopic (exact) mass is 379 g/mol. The van der Waals surface area contributed by atoms with Crippen LogP contribution >= 0.6 is 0 Å². The summed E-state index contributed by atoms with van der Waals surface area (Å²) in [6, 6.07) is 4.74. The molecule has 2 unspecified atom stereocenters. The predicted octanol–water partition coefficient (Wildman–Crippen LogP) is 1.40. The molecular weight excluding hydrogens is 361 g/mol. The summed E-state index contributed by atoms with van der Waals surface area (Å²) in [7, 11) is -0.962. The fourth-order valence-electron chi connectivity index (χ4n) is 3.30. The average Bonchev–Trinajstić information content (AvgIpc) is 3.12. The number of primary amides is 1. The molecule has 10 heteroatoms. The number of aromatic nitrogens is 2. The van der Waals surface area contributed by atoms with Crippen molar-refractivity contribution in [3.63, 3.8) is 0 Å². The van der Waals surface area contributed by atoms with Gasteiger partial charge < -0.3 is 30.3 Å². The van der Waals surface area contributed by atoms with Crippen LogP contribution in [-0.2, 0) is 4.74 Å². The second-order valence-corrected chi connectivity index (χ2v) is 6.61. The fourth-order valence-corrected chi connectivity index (χ4v) is 3.30. The van der Waals surface area contributed by atoms with Crippen molar-refractivity contribution in [2.24, 2.45) is 5.73 Å². The highest BCUT2D eigenvalue weighted by Crippen LogP contribution is 2.30. The molecule has 1 saturated heterocycles. The Morgan fingerprint density at radius 1 is 1.50 bits per heavy atom. The van der Waals surface area contributed by atoms with Gasteiger partial charge in [-0.15, -0.1) is 0 Å². The van der Waals surface area contributed by atoms with E-state index in [0.717, 1.165) is 5.56 Å². The average molecular weight is 379 g/mol. The number of benzene rings is 1. The lowest BCUT2D eigenvalue weighted by Gasteiger charge is -2.23. The molecule has 3 heterocycles. The van der Waals surface area contributed by atoms with Gasteiger partial charge in [0.2, 0.25) is 6.04 Å². The van der Waals surface area contributed by atoms with Gasteiger partial charge >= 0.3 is 7.12 Å². The zero-order valence-electron chi connectivity index (χ0n) is 14.9. The van der Waals surface area contributed by atoms with Crippen LogP contribution in [0.5, 0.6) is 5.75 Å². The molecule has 1 fully saturated rings. The lowest BCUT2D eigenvalue weighted by Crippen LogP contribution is -2.32. The lowest BCUT2D eigenvalue weighted by atomic mass is 9.86. The maximum atomic E-state index is 11.9. The number of amides is 1. The molecule has 142 valence electrons. The molecule has 1 amide bonds. The Kier molecular flexibility index (Phi) is 4.77. The summed E-state index contributed by atoms with van der Waals surface area (Å²) >= 11 is 0. The zero-order valence-corrected chi connectivity index (χ0v) is 14.9. The quantitative estimate of drug-likeness (QED) is 0.546. The Hall–Kier alpha value is -3.29. The number of rotatable bonds is 4. The van der Waals surface area contributed by atoms with Crippen LogP contribution in [-0.4, -0.2) is 47.1 Å². The van der Waals surface area contributed by atoms with Crippen LogP contribution in [0.2, 0.25) is 0 Å². The van der Waals surface area contributed by atoms with E-state index in [4.69, 9.17) is 21.7 Å². The van der Waals surface area contributed by atoms with Crippen LogP contribution in [0.1, 0.15) is 28.4 Å². The third-order valence-electron chi connectivity index (χ3n) is 4.75. The van der Waals surface area contributed by atoms with Crippen molar-refractivity contribution in [3.05, 3.63) is 52.9 Å². The van der Waals surface area contributed by atoms with Crippen molar-refractivity contribution in [3.8, 4) is 5.75 Å². The predicted molar refractivity (Wildman–Crippen MR) is 103 cm³/mol. The Morgan fingerprint density at radius 2 is 2.36 bits per heavy atom. The Bertz CT molecular complexity index is 983. The number of nitrogens with one attached hydrogen (secondary N) is 1. The summed E-state index contributed by atoms with van der Waals surface area (Å²) in [6.45, 7) is 8.29. The summed E-state index contributed by atoms with van der Waals surface area (Å²) in [6.07, 6.45) is 3.92. The van der Waals surface area contributed by atoms with Crippen molar-refractivity contribution in [1.29, 1.82) is 0 Å². The van der Waals surface area contributed by atoms with Crippen molar-refractivity contribution in [1.82, 2.24) is 9.78 Å². The normalized spacial score (nSPS) is 20.8. The molecule has 9 nitrogen and oxygen atoms in total. The molecule has 0 saturated carbocycles. The van der Waals surface area contributed by atoms with Gasteiger partial charge in [0.05, 0.1) is 13.2 Å². The molecule has 2 aliphatic rings. The van der Waals surface area contributed by atoms with Gasteiger partial charge in [-0.3, -0.25) is 9.48 Å². The summed E-state index contributed by atoms with van der Waals surface area (Å²) in [5.41, 5.74) is 7.21. The van der Waals surface area contributed by atoms with Crippen LogP contribution < -0.4 is 15.7 Å². The van der Waals surface area contributed by atoms with Gasteiger partial charge in [-0.2, -0.15) is 5.10 Å². The van der Waals surface area contributed by atoms with Gasteiger partial charge in [0.15, 0.2) is 5.82 Å². The molecule has 2 atom stereocenters. The van der Waals surface area contributed by atoms with E-state index < -0.39 is 13.0 Å². The molecule has 1 aromatic heterocycles.